The molecule has 1 aromatic carbocycles. The van der Waals surface area contributed by atoms with Crippen LogP contribution < -0.4 is 10.1 Å². The largest absolute Gasteiger partial charge is 0.494 e. The molecule has 0 saturated carbocycles. The van der Waals surface area contributed by atoms with Gasteiger partial charge in [0.1, 0.15) is 5.75 Å². The summed E-state index contributed by atoms with van der Waals surface area (Å²) < 4.78 is 6.18. The molecule has 0 aliphatic rings. The van der Waals surface area contributed by atoms with Crippen LogP contribution in [0, 0.1) is 0 Å². The normalized spacial score (nSPS) is 10.6. The fourth-order valence-corrected chi connectivity index (χ4v) is 3.68. The van der Waals surface area contributed by atoms with Crippen molar-refractivity contribution in [2.45, 2.75) is 43.4 Å². The Morgan fingerprint density at radius 1 is 1.15 bits per heavy atom. The Balaban J connectivity index is 1.77. The molecule has 27 heavy (non-hydrogen) atoms. The smallest absolute Gasteiger partial charge is 0.313 e. The Labute approximate surface area is 166 Å². The van der Waals surface area contributed by atoms with Gasteiger partial charge in [0.25, 0.3) is 5.91 Å². The van der Waals surface area contributed by atoms with Gasteiger partial charge < -0.3 is 9.84 Å². The predicted octanol–water partition coefficient (Wildman–Crippen LogP) is 4.32. The molecule has 0 aliphatic heterocycles. The van der Waals surface area contributed by atoms with Crippen molar-refractivity contribution in [1.82, 2.24) is 10.2 Å². The zero-order valence-electron chi connectivity index (χ0n) is 15.1. The highest BCUT2D eigenvalue weighted by Gasteiger charge is 2.11. The van der Waals surface area contributed by atoms with Crippen LogP contribution in [0.25, 0.3) is 0 Å². The van der Waals surface area contributed by atoms with Crippen LogP contribution in [0.5, 0.6) is 5.75 Å². The lowest BCUT2D eigenvalue weighted by molar-refractivity contribution is -0.133. The van der Waals surface area contributed by atoms with Crippen molar-refractivity contribution in [3.05, 3.63) is 29.8 Å². The van der Waals surface area contributed by atoms with E-state index in [9.17, 15) is 9.59 Å². The zero-order valence-corrected chi connectivity index (χ0v) is 16.8. The number of carbonyl (C=O) groups is 2. The molecule has 1 amide bonds. The van der Waals surface area contributed by atoms with E-state index in [0.717, 1.165) is 35.3 Å². The second-order valence-corrected chi connectivity index (χ2v) is 8.00. The van der Waals surface area contributed by atoms with Crippen molar-refractivity contribution < 1.29 is 19.4 Å². The fourth-order valence-electron chi connectivity index (χ4n) is 2.21. The van der Waals surface area contributed by atoms with Gasteiger partial charge in [-0.05, 0) is 30.7 Å². The fraction of sp³-hybridized carbons (Fsp3) is 0.444. The molecule has 2 N–H and O–H groups in total. The Hall–Kier alpha value is -2.13. The number of aliphatic carboxylic acids is 1. The Morgan fingerprint density at radius 3 is 2.59 bits per heavy atom. The number of ether oxygens (including phenoxy) is 1. The summed E-state index contributed by atoms with van der Waals surface area (Å²) in [6.45, 7) is 2.87. The quantitative estimate of drug-likeness (QED) is 0.306. The van der Waals surface area contributed by atoms with Crippen LogP contribution in [0.15, 0.2) is 28.6 Å². The van der Waals surface area contributed by atoms with E-state index in [-0.39, 0.29) is 11.7 Å². The van der Waals surface area contributed by atoms with Gasteiger partial charge in [0.15, 0.2) is 4.34 Å². The van der Waals surface area contributed by atoms with E-state index in [2.05, 4.69) is 22.4 Å². The maximum Gasteiger partial charge on any atom is 0.313 e. The number of thioether (sulfide) groups is 1. The van der Waals surface area contributed by atoms with E-state index in [4.69, 9.17) is 9.84 Å². The summed E-state index contributed by atoms with van der Waals surface area (Å²) in [5.41, 5.74) is 0.486. The second-order valence-electron chi connectivity index (χ2n) is 5.80. The molecule has 0 aliphatic carbocycles. The lowest BCUT2D eigenvalue weighted by atomic mass is 10.2. The maximum absolute atomic E-state index is 12.2. The Kier molecular flexibility index (Phi) is 9.06. The zero-order chi connectivity index (χ0) is 19.5. The minimum Gasteiger partial charge on any atom is -0.494 e. The number of rotatable bonds is 12. The summed E-state index contributed by atoms with van der Waals surface area (Å²) in [6.07, 6.45) is 5.92. The highest BCUT2D eigenvalue weighted by atomic mass is 32.2. The molecule has 0 saturated heterocycles. The molecule has 0 fully saturated rings. The summed E-state index contributed by atoms with van der Waals surface area (Å²) in [5, 5.41) is 19.3. The average Bonchev–Trinajstić information content (AvgIpc) is 3.10. The van der Waals surface area contributed by atoms with Crippen LogP contribution in [-0.4, -0.2) is 39.5 Å². The topological polar surface area (TPSA) is 101 Å². The van der Waals surface area contributed by atoms with Gasteiger partial charge in [-0.25, -0.2) is 0 Å². The molecule has 1 aromatic heterocycles. The van der Waals surface area contributed by atoms with E-state index in [1.165, 1.54) is 25.7 Å². The molecule has 0 spiro atoms. The van der Waals surface area contributed by atoms with Crippen molar-refractivity contribution >= 4 is 40.1 Å². The molecule has 0 bridgehead atoms. The van der Waals surface area contributed by atoms with Crippen LogP contribution in [-0.2, 0) is 4.79 Å². The van der Waals surface area contributed by atoms with Crippen molar-refractivity contribution in [2.75, 3.05) is 17.7 Å². The first-order valence-electron chi connectivity index (χ1n) is 8.80. The van der Waals surface area contributed by atoms with Gasteiger partial charge in [-0.1, -0.05) is 55.7 Å². The third kappa shape index (κ3) is 7.96. The minimum absolute atomic E-state index is 0.0946. The molecule has 7 nitrogen and oxygen atoms in total. The van der Waals surface area contributed by atoms with Gasteiger partial charge >= 0.3 is 5.97 Å². The summed E-state index contributed by atoms with van der Waals surface area (Å²) in [7, 11) is 0. The molecular weight excluding hydrogens is 386 g/mol. The van der Waals surface area contributed by atoms with E-state index in [1.54, 1.807) is 24.3 Å². The number of unbranched alkanes of at least 4 members (excludes halogenated alkanes) is 4. The predicted molar refractivity (Wildman–Crippen MR) is 107 cm³/mol. The number of nitrogens with zero attached hydrogens (tertiary/aromatic N) is 2. The molecule has 146 valence electrons. The first-order chi connectivity index (χ1) is 13.1. The van der Waals surface area contributed by atoms with E-state index < -0.39 is 5.97 Å². The number of hydrogen-bond donors (Lipinski definition) is 2. The van der Waals surface area contributed by atoms with Gasteiger partial charge in [0.2, 0.25) is 5.13 Å². The standard InChI is InChI=1S/C18H23N3O4S2/c1-2-3-4-5-6-11-25-14-9-7-13(8-10-14)16(24)19-17-20-21-18(27-17)26-12-15(22)23/h7-10H,2-6,11-12H2,1H3,(H,22,23)(H,19,20,24). The van der Waals surface area contributed by atoms with Crippen LogP contribution in [0.3, 0.4) is 0 Å². The monoisotopic (exact) mass is 409 g/mol. The first-order valence-corrected chi connectivity index (χ1v) is 10.6. The van der Waals surface area contributed by atoms with Crippen LogP contribution in [0.2, 0.25) is 0 Å². The van der Waals surface area contributed by atoms with E-state index in [1.807, 2.05) is 0 Å². The van der Waals surface area contributed by atoms with Gasteiger partial charge in [0, 0.05) is 5.56 Å². The summed E-state index contributed by atoms with van der Waals surface area (Å²) in [4.78, 5) is 22.8. The molecular formula is C18H23N3O4S2. The van der Waals surface area contributed by atoms with E-state index >= 15 is 0 Å². The molecule has 1 heterocycles. The van der Waals surface area contributed by atoms with Crippen LogP contribution >= 0.6 is 23.1 Å². The molecule has 2 rings (SSSR count). The number of hydrogen-bond acceptors (Lipinski definition) is 7. The van der Waals surface area contributed by atoms with Crippen molar-refractivity contribution in [2.24, 2.45) is 0 Å². The Morgan fingerprint density at radius 2 is 1.89 bits per heavy atom. The average molecular weight is 410 g/mol. The van der Waals surface area contributed by atoms with Gasteiger partial charge in [-0.2, -0.15) is 0 Å². The minimum atomic E-state index is -0.927. The molecule has 0 radical (unpaired) electrons. The van der Waals surface area contributed by atoms with Crippen molar-refractivity contribution in [1.29, 1.82) is 0 Å². The summed E-state index contributed by atoms with van der Waals surface area (Å²) in [6, 6.07) is 6.94. The number of carboxylic acid groups (broad SMARTS) is 1. The van der Waals surface area contributed by atoms with Gasteiger partial charge in [-0.3, -0.25) is 14.9 Å². The van der Waals surface area contributed by atoms with E-state index in [0.29, 0.717) is 21.6 Å². The van der Waals surface area contributed by atoms with Crippen molar-refractivity contribution in [3.8, 4) is 5.75 Å². The number of benzene rings is 1. The van der Waals surface area contributed by atoms with Gasteiger partial charge in [0.05, 0.1) is 12.4 Å². The number of carboxylic acids is 1. The van der Waals surface area contributed by atoms with Crippen LogP contribution in [0.1, 0.15) is 49.4 Å². The maximum atomic E-state index is 12.2. The summed E-state index contributed by atoms with van der Waals surface area (Å²) >= 11 is 2.21. The third-order valence-electron chi connectivity index (χ3n) is 3.58. The number of carbonyl (C=O) groups excluding carboxylic acids is 1. The van der Waals surface area contributed by atoms with Crippen LogP contribution in [0.4, 0.5) is 5.13 Å². The molecule has 0 unspecified atom stereocenters. The highest BCUT2D eigenvalue weighted by Crippen LogP contribution is 2.25. The lowest BCUT2D eigenvalue weighted by Crippen LogP contribution is -2.11. The lowest BCUT2D eigenvalue weighted by Gasteiger charge is -2.07. The number of nitrogens with one attached hydrogen (secondary N) is 1. The number of anilines is 1. The third-order valence-corrected chi connectivity index (χ3v) is 5.54. The number of aromatic nitrogens is 2. The SMILES string of the molecule is CCCCCCCOc1ccc(C(=O)Nc2nnc(SCC(=O)O)s2)cc1. The highest BCUT2D eigenvalue weighted by molar-refractivity contribution is 8.01. The number of amides is 1. The first kappa shape index (κ1) is 21.2. The van der Waals surface area contributed by atoms with Gasteiger partial charge in [-0.15, -0.1) is 10.2 Å². The Bertz CT molecular complexity index is 734. The summed E-state index contributed by atoms with van der Waals surface area (Å²) in [5.74, 6) is -0.579. The molecule has 9 heteroatoms. The molecule has 0 atom stereocenters. The van der Waals surface area contributed by atoms with Crippen molar-refractivity contribution in [3.63, 3.8) is 0 Å². The second kappa shape index (κ2) is 11.6. The molecule has 2 aromatic rings.